The van der Waals surface area contributed by atoms with E-state index in [0.29, 0.717) is 32.1 Å². The molecular weight excluding hydrogens is 1140 g/mol. The molecule has 0 aromatic carbocycles. The van der Waals surface area contributed by atoms with Gasteiger partial charge in [-0.1, -0.05) is 67.0 Å². The quantitative estimate of drug-likeness (QED) is 0.0346. The van der Waals surface area contributed by atoms with E-state index in [9.17, 15) is 85.6 Å². The maximum atomic E-state index is 14.2. The van der Waals surface area contributed by atoms with Gasteiger partial charge in [0.05, 0.1) is 49.5 Å². The van der Waals surface area contributed by atoms with Gasteiger partial charge in [0.15, 0.2) is 31.3 Å². The third-order valence-electron chi connectivity index (χ3n) is 22.0. The van der Waals surface area contributed by atoms with Gasteiger partial charge >= 0.3 is 17.9 Å². The summed E-state index contributed by atoms with van der Waals surface area (Å²) >= 11 is 0. The number of aldehydes is 1. The van der Waals surface area contributed by atoms with E-state index in [2.05, 4.69) is 26.8 Å². The molecule has 5 aliphatic carbocycles. The summed E-state index contributed by atoms with van der Waals surface area (Å²) in [5.74, 6) is -4.09. The molecule has 27 heteroatoms. The summed E-state index contributed by atoms with van der Waals surface area (Å²) in [5, 5.41) is 144. The Morgan fingerprint density at radius 1 is 0.674 bits per heavy atom. The van der Waals surface area contributed by atoms with Gasteiger partial charge in [-0.25, -0.2) is 4.79 Å². The molecule has 0 aromatic rings. The highest BCUT2D eigenvalue weighted by Gasteiger charge is 2.74. The topological polar surface area (TPSA) is 424 Å². The molecule has 0 bridgehead atoms. The SMILES string of the molecule is CC(=O)O[C@H]1[C@H](OC(=O)CC(C)C)C(C)(C)C[C@H]2C3=CC[C@@H]4[C@@]5(C)CC[C@H](O[C@@H]6O[C@H](C(=O)O)[C@@H](O)[C@H](O[C@@H]7OC[C@H](O)[C@H](O)[C@H]7OC7OCC(O)C(O)C7O)[C@H]6O[C@@H]6O[C@H](CO)[C@H](O)[C@H](O)[C@H]6O)[C@@](C)(C=O)[C@@H]5CC[C@@]4(C)[C@]3(C)C[C@@H](O)[C@]21CO. The van der Waals surface area contributed by atoms with Gasteiger partial charge in [-0.2, -0.15) is 0 Å². The van der Waals surface area contributed by atoms with Gasteiger partial charge in [0.2, 0.25) is 0 Å². The number of ether oxygens (including phenoxy) is 10. The minimum atomic E-state index is -2.28. The van der Waals surface area contributed by atoms with Crippen LogP contribution in [0.4, 0.5) is 0 Å². The first kappa shape index (κ1) is 67.4. The molecule has 8 fully saturated rings. The Bertz CT molecular complexity index is 2480. The number of carboxylic acids is 1. The molecule has 0 spiro atoms. The maximum absolute atomic E-state index is 14.2. The molecule has 13 N–H and O–H groups in total. The molecule has 4 heterocycles. The van der Waals surface area contributed by atoms with Crippen molar-refractivity contribution in [1.29, 1.82) is 0 Å². The second-order valence-corrected chi connectivity index (χ2v) is 28.0. The normalized spacial score (nSPS) is 51.0. The molecule has 0 amide bonds. The van der Waals surface area contributed by atoms with Crippen molar-refractivity contribution in [2.45, 2.75) is 249 Å². The number of fused-ring (bicyclic) bond motifs is 7. The summed E-state index contributed by atoms with van der Waals surface area (Å²) in [5.41, 5.74) is -4.66. The van der Waals surface area contributed by atoms with Gasteiger partial charge in [-0.05, 0) is 84.9 Å². The molecule has 9 aliphatic rings. The number of aliphatic hydroxyl groups excluding tert-OH is 12. The van der Waals surface area contributed by atoms with Crippen LogP contribution in [0.2, 0.25) is 0 Å². The molecule has 0 aromatic heterocycles. The van der Waals surface area contributed by atoms with E-state index in [4.69, 9.17) is 47.4 Å². The highest BCUT2D eigenvalue weighted by molar-refractivity contribution is 5.73. The number of aliphatic carboxylic acids is 1. The van der Waals surface area contributed by atoms with E-state index < -0.39 is 224 Å². The second-order valence-electron chi connectivity index (χ2n) is 28.0. The molecule has 490 valence electrons. The molecule has 30 atom stereocenters. The first-order chi connectivity index (χ1) is 40.2. The minimum Gasteiger partial charge on any atom is -0.479 e. The van der Waals surface area contributed by atoms with Crippen LogP contribution in [-0.4, -0.2) is 252 Å². The molecular formula is C59H92O27. The van der Waals surface area contributed by atoms with Crippen LogP contribution in [-0.2, 0) is 66.5 Å². The van der Waals surface area contributed by atoms with Crippen molar-refractivity contribution < 1.29 is 133 Å². The Morgan fingerprint density at radius 2 is 1.30 bits per heavy atom. The molecule has 4 unspecified atom stereocenters. The molecule has 4 aliphatic heterocycles. The Balaban J connectivity index is 1.05. The van der Waals surface area contributed by atoms with Crippen LogP contribution in [0.3, 0.4) is 0 Å². The lowest BCUT2D eigenvalue weighted by Gasteiger charge is -2.72. The van der Waals surface area contributed by atoms with Crippen molar-refractivity contribution in [3.8, 4) is 0 Å². The van der Waals surface area contributed by atoms with Crippen LogP contribution in [0.15, 0.2) is 11.6 Å². The molecule has 0 radical (unpaired) electrons. The first-order valence-corrected chi connectivity index (χ1v) is 30.2. The smallest absolute Gasteiger partial charge is 0.335 e. The number of allylic oxidation sites excluding steroid dienone is 2. The lowest BCUT2D eigenvalue weighted by atomic mass is 9.33. The number of hydrogen-bond donors (Lipinski definition) is 13. The third-order valence-corrected chi connectivity index (χ3v) is 22.0. The molecule has 4 saturated heterocycles. The van der Waals surface area contributed by atoms with E-state index in [-0.39, 0.29) is 31.1 Å². The number of aliphatic hydroxyl groups is 12. The van der Waals surface area contributed by atoms with E-state index in [1.165, 1.54) is 6.92 Å². The summed E-state index contributed by atoms with van der Waals surface area (Å²) in [6, 6.07) is 0. The number of carbonyl (C=O) groups is 4. The molecule has 9 rings (SSSR count). The number of rotatable bonds is 16. The van der Waals surface area contributed by atoms with Crippen molar-refractivity contribution in [3.63, 3.8) is 0 Å². The summed E-state index contributed by atoms with van der Waals surface area (Å²) < 4.78 is 60.5. The zero-order chi connectivity index (χ0) is 63.3. The third kappa shape index (κ3) is 11.2. The Labute approximate surface area is 498 Å². The summed E-state index contributed by atoms with van der Waals surface area (Å²) in [7, 11) is 0. The highest BCUT2D eigenvalue weighted by Crippen LogP contribution is 2.76. The van der Waals surface area contributed by atoms with E-state index in [1.807, 2.05) is 27.7 Å². The molecule has 86 heavy (non-hydrogen) atoms. The zero-order valence-electron chi connectivity index (χ0n) is 50.2. The maximum Gasteiger partial charge on any atom is 0.335 e. The van der Waals surface area contributed by atoms with E-state index in [0.717, 1.165) is 11.9 Å². The standard InChI is InChI=1S/C59H92O27/c1-24(2)16-35(67)82-47-48(79-25(3)63)59(23-62)27(17-54(47,4)5)26-10-11-32-55(6)14-13-34(56(7,22-61)31(55)12-15-57(32,8)58(26,9)18-33(59)66)81-53-46(86-51-41(73)39(71)38(70)30(19-60)80-51)43(42(74)44(84-53)49(75)76)83-52-45(37(69)29(65)21-78-52)85-50-40(72)36(68)28(64)20-77-50/h10,22,24,27-34,36-48,50-53,60,62,64-66,68-74H,11-21,23H2,1-9H3,(H,75,76)/t27-,28?,29-,30+,31+,32+,33+,34-,36?,37-,38-,39-,40?,41+,42-,43-,44-,45+,46+,47-,48-,50?,51-,52-,53+,55-,56-,57+,58+,59-/m0/s1. The van der Waals surface area contributed by atoms with Crippen molar-refractivity contribution in [1.82, 2.24) is 0 Å². The van der Waals surface area contributed by atoms with Crippen LogP contribution in [0.1, 0.15) is 114 Å². The van der Waals surface area contributed by atoms with Gasteiger partial charge < -0.3 is 119 Å². The van der Waals surface area contributed by atoms with Crippen LogP contribution in [0, 0.1) is 56.2 Å². The van der Waals surface area contributed by atoms with Gasteiger partial charge in [0.1, 0.15) is 97.8 Å². The first-order valence-electron chi connectivity index (χ1n) is 30.2. The average molecular weight is 1230 g/mol. The fraction of sp³-hybridized carbons (Fsp3) is 0.898. The van der Waals surface area contributed by atoms with E-state index in [1.54, 1.807) is 6.92 Å². The number of carbonyl (C=O) groups excluding carboxylic acids is 3. The number of esters is 2. The number of hydrogen-bond acceptors (Lipinski definition) is 26. The predicted molar refractivity (Wildman–Crippen MR) is 289 cm³/mol. The zero-order valence-corrected chi connectivity index (χ0v) is 50.2. The second kappa shape index (κ2) is 24.9. The van der Waals surface area contributed by atoms with Crippen molar-refractivity contribution >= 4 is 24.2 Å². The Morgan fingerprint density at radius 3 is 1.92 bits per heavy atom. The lowest BCUT2D eigenvalue weighted by Crippen LogP contribution is -2.72. The molecule has 4 saturated carbocycles. The van der Waals surface area contributed by atoms with Crippen LogP contribution in [0.5, 0.6) is 0 Å². The Hall–Kier alpha value is -2.98. The number of carboxylic acid groups (broad SMARTS) is 1. The van der Waals surface area contributed by atoms with Gasteiger partial charge in [-0.3, -0.25) is 9.59 Å². The monoisotopic (exact) mass is 1230 g/mol. The highest BCUT2D eigenvalue weighted by atomic mass is 16.8. The van der Waals surface area contributed by atoms with Gasteiger partial charge in [0, 0.05) is 18.8 Å². The fourth-order valence-corrected chi connectivity index (χ4v) is 17.2. The van der Waals surface area contributed by atoms with Crippen LogP contribution in [0.25, 0.3) is 0 Å². The largest absolute Gasteiger partial charge is 0.479 e. The van der Waals surface area contributed by atoms with E-state index >= 15 is 0 Å². The summed E-state index contributed by atoms with van der Waals surface area (Å²) in [6.45, 7) is 14.4. The lowest BCUT2D eigenvalue weighted by molar-refractivity contribution is -0.398. The van der Waals surface area contributed by atoms with Gasteiger partial charge in [-0.15, -0.1) is 0 Å². The minimum absolute atomic E-state index is 0.0303. The van der Waals surface area contributed by atoms with Crippen molar-refractivity contribution in [3.05, 3.63) is 11.6 Å². The fourth-order valence-electron chi connectivity index (χ4n) is 17.2. The predicted octanol–water partition coefficient (Wildman–Crippen LogP) is -1.93. The van der Waals surface area contributed by atoms with Crippen molar-refractivity contribution in [2.24, 2.45) is 56.2 Å². The van der Waals surface area contributed by atoms with Crippen molar-refractivity contribution in [2.75, 3.05) is 26.4 Å². The Kier molecular flexibility index (Phi) is 19.5. The van der Waals surface area contributed by atoms with Gasteiger partial charge in [0.25, 0.3) is 0 Å². The molecule has 27 nitrogen and oxygen atoms in total. The van der Waals surface area contributed by atoms with Crippen LogP contribution >= 0.6 is 0 Å². The van der Waals surface area contributed by atoms with Crippen LogP contribution < -0.4 is 0 Å². The summed E-state index contributed by atoms with van der Waals surface area (Å²) in [6.07, 6.45) is -33.7. The summed E-state index contributed by atoms with van der Waals surface area (Å²) in [4.78, 5) is 53.8. The average Bonchev–Trinajstić information content (AvgIpc) is 0.672.